The van der Waals surface area contributed by atoms with Gasteiger partial charge in [0.2, 0.25) is 0 Å². The molecule has 0 saturated heterocycles. The van der Waals surface area contributed by atoms with Crippen molar-refractivity contribution in [2.75, 3.05) is 5.32 Å². The number of anilines is 1. The Morgan fingerprint density at radius 3 is 2.69 bits per heavy atom. The van der Waals surface area contributed by atoms with Crippen LogP contribution in [0.25, 0.3) is 23.2 Å². The monoisotopic (exact) mass is 453 g/mol. The molecule has 0 spiro atoms. The van der Waals surface area contributed by atoms with Crippen molar-refractivity contribution in [3.8, 4) is 11.4 Å². The van der Waals surface area contributed by atoms with Crippen LogP contribution in [0.2, 0.25) is 0 Å². The van der Waals surface area contributed by atoms with Crippen LogP contribution in [0, 0.1) is 5.82 Å². The van der Waals surface area contributed by atoms with Crippen LogP contribution in [0.5, 0.6) is 0 Å². The molecule has 2 aromatic heterocycles. The molecule has 0 fully saturated rings. The van der Waals surface area contributed by atoms with Crippen LogP contribution in [0.1, 0.15) is 5.76 Å². The second-order valence-corrected chi connectivity index (χ2v) is 6.76. The van der Waals surface area contributed by atoms with Crippen LogP contribution in [-0.2, 0) is 4.79 Å². The first kappa shape index (κ1) is 18.8. The number of furan rings is 1. The molecule has 144 valence electrons. The number of halogens is 2. The van der Waals surface area contributed by atoms with Crippen LogP contribution in [-0.4, -0.2) is 26.1 Å². The van der Waals surface area contributed by atoms with E-state index >= 15 is 0 Å². The fourth-order valence-electron chi connectivity index (χ4n) is 2.62. The van der Waals surface area contributed by atoms with Crippen molar-refractivity contribution in [3.63, 3.8) is 0 Å². The van der Waals surface area contributed by atoms with Crippen molar-refractivity contribution in [2.24, 2.45) is 0 Å². The van der Waals surface area contributed by atoms with Crippen molar-refractivity contribution in [1.29, 1.82) is 0 Å². The number of carbonyl (C=O) groups excluding carboxylic acids is 1. The standard InChI is InChI=1S/C20H13BrFN5O2/c21-16-11-14(22)8-9-17(16)23-20(28)18(12-15-7-4-10-29-15)27-19(24-25-26-27)13-5-2-1-3-6-13/h1-12H,(H,23,28)/b18-12-. The second-order valence-electron chi connectivity index (χ2n) is 5.90. The number of nitrogens with zero attached hydrogens (tertiary/aromatic N) is 4. The Bertz CT molecular complexity index is 1170. The first-order valence-corrected chi connectivity index (χ1v) is 9.27. The van der Waals surface area contributed by atoms with Gasteiger partial charge in [-0.2, -0.15) is 4.68 Å². The van der Waals surface area contributed by atoms with Crippen LogP contribution in [0.3, 0.4) is 0 Å². The number of hydrogen-bond acceptors (Lipinski definition) is 5. The van der Waals surface area contributed by atoms with E-state index in [4.69, 9.17) is 4.42 Å². The Morgan fingerprint density at radius 2 is 1.97 bits per heavy atom. The van der Waals surface area contributed by atoms with Crippen molar-refractivity contribution in [1.82, 2.24) is 20.2 Å². The first-order chi connectivity index (χ1) is 14.1. The van der Waals surface area contributed by atoms with E-state index in [-0.39, 0.29) is 5.70 Å². The van der Waals surface area contributed by atoms with Gasteiger partial charge < -0.3 is 9.73 Å². The summed E-state index contributed by atoms with van der Waals surface area (Å²) in [5, 5.41) is 14.5. The molecule has 0 radical (unpaired) electrons. The molecule has 2 aromatic carbocycles. The number of amides is 1. The maximum Gasteiger partial charge on any atom is 0.274 e. The van der Waals surface area contributed by atoms with Gasteiger partial charge in [0.15, 0.2) is 5.82 Å². The Kier molecular flexibility index (Phi) is 5.30. The summed E-state index contributed by atoms with van der Waals surface area (Å²) < 4.78 is 20.4. The average molecular weight is 454 g/mol. The third-order valence-corrected chi connectivity index (χ3v) is 4.62. The van der Waals surface area contributed by atoms with Gasteiger partial charge in [-0.1, -0.05) is 30.3 Å². The lowest BCUT2D eigenvalue weighted by Crippen LogP contribution is -2.19. The molecule has 1 amide bonds. The van der Waals surface area contributed by atoms with Crippen molar-refractivity contribution in [2.45, 2.75) is 0 Å². The Balaban J connectivity index is 1.76. The van der Waals surface area contributed by atoms with Gasteiger partial charge in [-0.05, 0) is 56.7 Å². The number of carbonyl (C=O) groups is 1. The molecule has 0 aliphatic carbocycles. The number of hydrogen-bond donors (Lipinski definition) is 1. The molecule has 4 rings (SSSR count). The maximum atomic E-state index is 13.4. The third kappa shape index (κ3) is 4.14. The van der Waals surface area contributed by atoms with Crippen molar-refractivity contribution in [3.05, 3.63) is 83.0 Å². The highest BCUT2D eigenvalue weighted by Crippen LogP contribution is 2.26. The van der Waals surface area contributed by atoms with E-state index in [0.29, 0.717) is 21.7 Å². The Hall–Kier alpha value is -3.59. The lowest BCUT2D eigenvalue weighted by atomic mass is 10.2. The van der Waals surface area contributed by atoms with Gasteiger partial charge in [-0.25, -0.2) is 4.39 Å². The van der Waals surface area contributed by atoms with Crippen LogP contribution in [0.4, 0.5) is 10.1 Å². The van der Waals surface area contributed by atoms with Crippen LogP contribution in [0.15, 0.2) is 75.8 Å². The number of rotatable bonds is 5. The molecule has 4 aromatic rings. The number of aromatic nitrogens is 4. The molecule has 0 atom stereocenters. The van der Waals surface area contributed by atoms with Gasteiger partial charge in [-0.3, -0.25) is 4.79 Å². The number of tetrazole rings is 1. The topological polar surface area (TPSA) is 85.8 Å². The van der Waals surface area contributed by atoms with Gasteiger partial charge in [0.05, 0.1) is 12.0 Å². The van der Waals surface area contributed by atoms with Crippen molar-refractivity contribution >= 4 is 39.3 Å². The van der Waals surface area contributed by atoms with Crippen LogP contribution >= 0.6 is 15.9 Å². The normalized spacial score (nSPS) is 11.4. The fourth-order valence-corrected chi connectivity index (χ4v) is 3.07. The fraction of sp³-hybridized carbons (Fsp3) is 0. The molecular formula is C20H13BrFN5O2. The minimum absolute atomic E-state index is 0.125. The van der Waals surface area contributed by atoms with Gasteiger partial charge in [-0.15, -0.1) is 5.10 Å². The lowest BCUT2D eigenvalue weighted by molar-refractivity contribution is -0.111. The number of benzene rings is 2. The summed E-state index contributed by atoms with van der Waals surface area (Å²) in [5.74, 6) is -0.0918. The summed E-state index contributed by atoms with van der Waals surface area (Å²) in [5.41, 5.74) is 1.26. The zero-order valence-corrected chi connectivity index (χ0v) is 16.4. The SMILES string of the molecule is O=C(Nc1ccc(F)cc1Br)/C(=C/c1ccco1)n1nnnc1-c1ccccc1. The summed E-state index contributed by atoms with van der Waals surface area (Å²) in [7, 11) is 0. The summed E-state index contributed by atoms with van der Waals surface area (Å²) in [6.45, 7) is 0. The van der Waals surface area contributed by atoms with E-state index in [0.717, 1.165) is 5.56 Å². The molecule has 9 heteroatoms. The second kappa shape index (κ2) is 8.19. The number of nitrogens with one attached hydrogen (secondary N) is 1. The van der Waals surface area contributed by atoms with E-state index in [1.807, 2.05) is 30.3 Å². The Morgan fingerprint density at radius 1 is 1.14 bits per heavy atom. The van der Waals surface area contributed by atoms with Gasteiger partial charge in [0.25, 0.3) is 5.91 Å². The van der Waals surface area contributed by atoms with Gasteiger partial charge in [0, 0.05) is 16.1 Å². The van der Waals surface area contributed by atoms with Gasteiger partial charge >= 0.3 is 0 Å². The predicted octanol–water partition coefficient (Wildman–Crippen LogP) is 4.47. The third-order valence-electron chi connectivity index (χ3n) is 3.96. The highest BCUT2D eigenvalue weighted by atomic mass is 79.9. The summed E-state index contributed by atoms with van der Waals surface area (Å²) >= 11 is 3.25. The smallest absolute Gasteiger partial charge is 0.274 e. The quantitative estimate of drug-likeness (QED) is 0.450. The highest BCUT2D eigenvalue weighted by molar-refractivity contribution is 9.10. The Labute approximate surface area is 173 Å². The summed E-state index contributed by atoms with van der Waals surface area (Å²) in [4.78, 5) is 13.1. The minimum atomic E-state index is -0.502. The largest absolute Gasteiger partial charge is 0.465 e. The zero-order valence-electron chi connectivity index (χ0n) is 14.8. The van der Waals surface area contributed by atoms with E-state index in [2.05, 4.69) is 36.8 Å². The molecular weight excluding hydrogens is 441 g/mol. The molecule has 0 saturated carbocycles. The predicted molar refractivity (Wildman–Crippen MR) is 109 cm³/mol. The summed E-state index contributed by atoms with van der Waals surface area (Å²) in [6.07, 6.45) is 3.02. The van der Waals surface area contributed by atoms with E-state index in [1.54, 1.807) is 12.1 Å². The zero-order chi connectivity index (χ0) is 20.2. The highest BCUT2D eigenvalue weighted by Gasteiger charge is 2.20. The van der Waals surface area contributed by atoms with Crippen molar-refractivity contribution < 1.29 is 13.6 Å². The molecule has 0 aliphatic heterocycles. The van der Waals surface area contributed by atoms with E-state index in [9.17, 15) is 9.18 Å². The maximum absolute atomic E-state index is 13.4. The average Bonchev–Trinajstić information content (AvgIpc) is 3.40. The molecule has 29 heavy (non-hydrogen) atoms. The molecule has 0 unspecified atom stereocenters. The molecule has 2 heterocycles. The molecule has 1 N–H and O–H groups in total. The molecule has 0 aliphatic rings. The van der Waals surface area contributed by atoms with Gasteiger partial charge in [0.1, 0.15) is 17.3 Å². The molecule has 0 bridgehead atoms. The van der Waals surface area contributed by atoms with Crippen LogP contribution < -0.4 is 5.32 Å². The summed E-state index contributed by atoms with van der Waals surface area (Å²) in [6, 6.07) is 16.6. The first-order valence-electron chi connectivity index (χ1n) is 8.47. The lowest BCUT2D eigenvalue weighted by Gasteiger charge is -2.11. The molecule has 7 nitrogen and oxygen atoms in total. The minimum Gasteiger partial charge on any atom is -0.465 e. The van der Waals surface area contributed by atoms with E-state index < -0.39 is 11.7 Å². The van der Waals surface area contributed by atoms with E-state index in [1.165, 1.54) is 35.2 Å².